The fourth-order valence-electron chi connectivity index (χ4n) is 2.29. The second kappa shape index (κ2) is 7.17. The van der Waals surface area contributed by atoms with Crippen molar-refractivity contribution >= 4 is 11.5 Å². The first-order valence-electron chi connectivity index (χ1n) is 7.12. The van der Waals surface area contributed by atoms with Gasteiger partial charge in [0.15, 0.2) is 5.78 Å². The van der Waals surface area contributed by atoms with Crippen molar-refractivity contribution in [2.45, 2.75) is 40.5 Å². The molecular formula is C16H25NO2. The summed E-state index contributed by atoms with van der Waals surface area (Å²) in [5, 5.41) is 9.91. The van der Waals surface area contributed by atoms with Crippen LogP contribution in [0.3, 0.4) is 0 Å². The summed E-state index contributed by atoms with van der Waals surface area (Å²) < 4.78 is 0. The summed E-state index contributed by atoms with van der Waals surface area (Å²) in [4.78, 5) is 13.6. The minimum atomic E-state index is -0.105. The van der Waals surface area contributed by atoms with Crippen LogP contribution in [0.2, 0.25) is 0 Å². The van der Waals surface area contributed by atoms with Crippen LogP contribution >= 0.6 is 0 Å². The van der Waals surface area contributed by atoms with E-state index in [2.05, 4.69) is 25.7 Å². The zero-order valence-electron chi connectivity index (χ0n) is 12.4. The quantitative estimate of drug-likeness (QED) is 0.759. The highest BCUT2D eigenvalue weighted by Crippen LogP contribution is 2.26. The van der Waals surface area contributed by atoms with E-state index in [1.165, 1.54) is 6.92 Å². The van der Waals surface area contributed by atoms with Crippen molar-refractivity contribution in [1.82, 2.24) is 0 Å². The summed E-state index contributed by atoms with van der Waals surface area (Å²) in [6.07, 6.45) is 2.31. The van der Waals surface area contributed by atoms with E-state index in [0.29, 0.717) is 11.5 Å². The first kappa shape index (κ1) is 15.5. The topological polar surface area (TPSA) is 40.5 Å². The maximum absolute atomic E-state index is 11.3. The van der Waals surface area contributed by atoms with Gasteiger partial charge in [-0.1, -0.05) is 26.7 Å². The summed E-state index contributed by atoms with van der Waals surface area (Å²) in [5.41, 5.74) is 1.37. The van der Waals surface area contributed by atoms with Gasteiger partial charge in [0.05, 0.1) is 5.56 Å². The summed E-state index contributed by atoms with van der Waals surface area (Å²) in [6, 6.07) is 5.33. The molecule has 0 aliphatic carbocycles. The number of Topliss-reactive ketones (excluding diaryl/α,β-unsaturated/α-hetero) is 1. The third-order valence-electron chi connectivity index (χ3n) is 3.74. The molecular weight excluding hydrogens is 238 g/mol. The summed E-state index contributed by atoms with van der Waals surface area (Å²) >= 11 is 0. The number of phenolic OH excluding ortho intramolecular Hbond substituents is 1. The monoisotopic (exact) mass is 263 g/mol. The Morgan fingerprint density at radius 1 is 1.26 bits per heavy atom. The summed E-state index contributed by atoms with van der Waals surface area (Å²) in [7, 11) is 0. The Bertz CT molecular complexity index is 425. The smallest absolute Gasteiger partial charge is 0.163 e. The normalized spacial score (nSPS) is 10.8. The highest BCUT2D eigenvalue weighted by molar-refractivity contribution is 5.97. The van der Waals surface area contributed by atoms with Crippen LogP contribution in [0.15, 0.2) is 18.2 Å². The second-order valence-electron chi connectivity index (χ2n) is 4.98. The third-order valence-corrected chi connectivity index (χ3v) is 3.74. The van der Waals surface area contributed by atoms with Gasteiger partial charge in [0.25, 0.3) is 0 Å². The molecule has 0 atom stereocenters. The molecule has 3 nitrogen and oxygen atoms in total. The average molecular weight is 263 g/mol. The zero-order valence-corrected chi connectivity index (χ0v) is 12.4. The molecule has 19 heavy (non-hydrogen) atoms. The standard InChI is InChI=1S/C16H25NO2/c1-5-13(6-2)11-17(7-3)14-8-9-15(12(4)18)16(19)10-14/h8-10,13,19H,5-7,11H2,1-4H3. The number of phenols is 1. The number of rotatable bonds is 7. The molecule has 0 aliphatic heterocycles. The lowest BCUT2D eigenvalue weighted by molar-refractivity contribution is 0.101. The minimum absolute atomic E-state index is 0.0768. The van der Waals surface area contributed by atoms with Gasteiger partial charge in [0, 0.05) is 24.8 Å². The molecule has 0 saturated carbocycles. The number of anilines is 1. The molecule has 1 aromatic rings. The van der Waals surface area contributed by atoms with Crippen molar-refractivity contribution in [3.05, 3.63) is 23.8 Å². The minimum Gasteiger partial charge on any atom is -0.507 e. The fourth-order valence-corrected chi connectivity index (χ4v) is 2.29. The lowest BCUT2D eigenvalue weighted by Crippen LogP contribution is -2.28. The Kier molecular flexibility index (Phi) is 5.87. The van der Waals surface area contributed by atoms with Gasteiger partial charge in [-0.2, -0.15) is 0 Å². The molecule has 1 rings (SSSR count). The highest BCUT2D eigenvalue weighted by atomic mass is 16.3. The van der Waals surface area contributed by atoms with Gasteiger partial charge in [-0.05, 0) is 31.9 Å². The third kappa shape index (κ3) is 3.98. The Hall–Kier alpha value is -1.51. The van der Waals surface area contributed by atoms with Crippen LogP contribution in [0.4, 0.5) is 5.69 Å². The first-order valence-corrected chi connectivity index (χ1v) is 7.12. The SMILES string of the molecule is CCC(CC)CN(CC)c1ccc(C(C)=O)c(O)c1. The molecule has 1 aromatic carbocycles. The predicted molar refractivity (Wildman–Crippen MR) is 80.1 cm³/mol. The lowest BCUT2D eigenvalue weighted by Gasteiger charge is -2.27. The van der Waals surface area contributed by atoms with E-state index in [-0.39, 0.29) is 11.5 Å². The number of hydrogen-bond acceptors (Lipinski definition) is 3. The molecule has 0 aliphatic rings. The van der Waals surface area contributed by atoms with Gasteiger partial charge >= 0.3 is 0 Å². The van der Waals surface area contributed by atoms with E-state index in [1.54, 1.807) is 12.1 Å². The largest absolute Gasteiger partial charge is 0.507 e. The number of carbonyl (C=O) groups excluding carboxylic acids is 1. The van der Waals surface area contributed by atoms with Crippen molar-refractivity contribution in [3.63, 3.8) is 0 Å². The van der Waals surface area contributed by atoms with Gasteiger partial charge in [0.1, 0.15) is 5.75 Å². The average Bonchev–Trinajstić information content (AvgIpc) is 2.39. The highest BCUT2D eigenvalue weighted by Gasteiger charge is 2.13. The van der Waals surface area contributed by atoms with Gasteiger partial charge in [0.2, 0.25) is 0 Å². The number of ketones is 1. The Balaban J connectivity index is 2.93. The number of hydrogen-bond donors (Lipinski definition) is 1. The van der Waals surface area contributed by atoms with Crippen LogP contribution in [0.1, 0.15) is 50.9 Å². The number of nitrogens with zero attached hydrogens (tertiary/aromatic N) is 1. The number of benzene rings is 1. The van der Waals surface area contributed by atoms with Gasteiger partial charge < -0.3 is 10.0 Å². The molecule has 0 saturated heterocycles. The zero-order chi connectivity index (χ0) is 14.4. The van der Waals surface area contributed by atoms with Gasteiger partial charge in [-0.25, -0.2) is 0 Å². The molecule has 0 amide bonds. The Morgan fingerprint density at radius 2 is 1.89 bits per heavy atom. The summed E-state index contributed by atoms with van der Waals surface area (Å²) in [5.74, 6) is 0.634. The summed E-state index contributed by atoms with van der Waals surface area (Å²) in [6.45, 7) is 9.88. The van der Waals surface area contributed by atoms with Crippen molar-refractivity contribution in [2.24, 2.45) is 5.92 Å². The van der Waals surface area contributed by atoms with Crippen molar-refractivity contribution in [3.8, 4) is 5.75 Å². The fraction of sp³-hybridized carbons (Fsp3) is 0.562. The molecule has 1 N–H and O–H groups in total. The molecule has 0 spiro atoms. The van der Waals surface area contributed by atoms with Crippen LogP contribution in [-0.2, 0) is 0 Å². The second-order valence-corrected chi connectivity index (χ2v) is 4.98. The van der Waals surface area contributed by atoms with E-state index in [9.17, 15) is 9.90 Å². The molecule has 0 radical (unpaired) electrons. The molecule has 0 aromatic heterocycles. The molecule has 0 bridgehead atoms. The van der Waals surface area contributed by atoms with Crippen molar-refractivity contribution < 1.29 is 9.90 Å². The van der Waals surface area contributed by atoms with Crippen LogP contribution in [-0.4, -0.2) is 24.0 Å². The Morgan fingerprint density at radius 3 is 2.32 bits per heavy atom. The van der Waals surface area contributed by atoms with Gasteiger partial charge in [-0.3, -0.25) is 4.79 Å². The van der Waals surface area contributed by atoms with E-state index in [0.717, 1.165) is 31.6 Å². The number of aromatic hydroxyl groups is 1. The van der Waals surface area contributed by atoms with E-state index in [4.69, 9.17) is 0 Å². The van der Waals surface area contributed by atoms with Crippen molar-refractivity contribution in [2.75, 3.05) is 18.0 Å². The molecule has 3 heteroatoms. The van der Waals surface area contributed by atoms with Crippen LogP contribution in [0.25, 0.3) is 0 Å². The van der Waals surface area contributed by atoms with Crippen LogP contribution < -0.4 is 4.90 Å². The van der Waals surface area contributed by atoms with Crippen molar-refractivity contribution in [1.29, 1.82) is 0 Å². The number of carbonyl (C=O) groups is 1. The Labute approximate surface area is 116 Å². The maximum atomic E-state index is 11.3. The van der Waals surface area contributed by atoms with Crippen LogP contribution in [0.5, 0.6) is 5.75 Å². The van der Waals surface area contributed by atoms with Crippen LogP contribution in [0, 0.1) is 5.92 Å². The molecule has 106 valence electrons. The van der Waals surface area contributed by atoms with Gasteiger partial charge in [-0.15, -0.1) is 0 Å². The van der Waals surface area contributed by atoms with E-state index < -0.39 is 0 Å². The van der Waals surface area contributed by atoms with E-state index in [1.807, 2.05) is 6.07 Å². The molecule has 0 unspecified atom stereocenters. The first-order chi connectivity index (χ1) is 9.03. The van der Waals surface area contributed by atoms with E-state index >= 15 is 0 Å². The maximum Gasteiger partial charge on any atom is 0.163 e. The predicted octanol–water partition coefficient (Wildman–Crippen LogP) is 3.86. The lowest BCUT2D eigenvalue weighted by atomic mass is 10.0. The molecule has 0 heterocycles. The molecule has 0 fully saturated rings.